The summed E-state index contributed by atoms with van der Waals surface area (Å²) in [5.74, 6) is 0.673. The summed E-state index contributed by atoms with van der Waals surface area (Å²) in [6.45, 7) is 4.07. The molecule has 0 radical (unpaired) electrons. The molecule has 138 valence electrons. The Kier molecular flexibility index (Phi) is 5.34. The van der Waals surface area contributed by atoms with Crippen LogP contribution in [0.1, 0.15) is 43.4 Å². The number of hydrogen-bond donors (Lipinski definition) is 2. The minimum atomic E-state index is 0.148. The number of hydrogen-bond acceptors (Lipinski definition) is 5. The number of rotatable bonds is 5. The van der Waals surface area contributed by atoms with Gasteiger partial charge in [-0.15, -0.1) is 11.3 Å². The summed E-state index contributed by atoms with van der Waals surface area (Å²) >= 11 is 3.34. The summed E-state index contributed by atoms with van der Waals surface area (Å²) in [4.78, 5) is 18.2. The Labute approximate surface area is 163 Å². The summed E-state index contributed by atoms with van der Waals surface area (Å²) in [7, 11) is 0. The molecule has 2 aromatic rings. The van der Waals surface area contributed by atoms with Crippen molar-refractivity contribution in [3.63, 3.8) is 0 Å². The molecule has 2 aliphatic heterocycles. The van der Waals surface area contributed by atoms with Gasteiger partial charge >= 0.3 is 0 Å². The summed E-state index contributed by atoms with van der Waals surface area (Å²) in [6.07, 6.45) is 5.49. The van der Waals surface area contributed by atoms with Gasteiger partial charge in [0.05, 0.1) is 0 Å². The second-order valence-corrected chi connectivity index (χ2v) is 9.74. The van der Waals surface area contributed by atoms with Crippen LogP contribution < -0.4 is 10.6 Å². The third-order valence-electron chi connectivity index (χ3n) is 5.32. The molecule has 2 saturated heterocycles. The summed E-state index contributed by atoms with van der Waals surface area (Å²) < 4.78 is 1.05. The summed E-state index contributed by atoms with van der Waals surface area (Å²) in [5.41, 5.74) is 3.08. The SMILES string of the molecule is Cc1csc(Sc2ccc(NC(=O)CC3CC4CCC(C3)N4)c(C)c2)n1. The zero-order chi connectivity index (χ0) is 18.1. The number of benzene rings is 1. The van der Waals surface area contributed by atoms with E-state index in [1.807, 2.05) is 13.0 Å². The van der Waals surface area contributed by atoms with Crippen LogP contribution in [-0.4, -0.2) is 23.0 Å². The van der Waals surface area contributed by atoms with E-state index in [9.17, 15) is 4.79 Å². The van der Waals surface area contributed by atoms with Crippen molar-refractivity contribution in [2.45, 2.75) is 67.3 Å². The fourth-order valence-corrected chi connectivity index (χ4v) is 6.03. The highest BCUT2D eigenvalue weighted by Gasteiger charge is 2.34. The fraction of sp³-hybridized carbons (Fsp3) is 0.500. The number of anilines is 1. The Bertz CT molecular complexity index is 792. The quantitative estimate of drug-likeness (QED) is 0.776. The molecule has 2 bridgehead atoms. The Morgan fingerprint density at radius 1 is 1.31 bits per heavy atom. The van der Waals surface area contributed by atoms with E-state index in [0.717, 1.165) is 39.0 Å². The van der Waals surface area contributed by atoms with Crippen molar-refractivity contribution in [1.29, 1.82) is 0 Å². The van der Waals surface area contributed by atoms with E-state index < -0.39 is 0 Å². The predicted molar refractivity (Wildman–Crippen MR) is 108 cm³/mol. The van der Waals surface area contributed by atoms with Crippen molar-refractivity contribution in [3.8, 4) is 0 Å². The molecule has 2 aliphatic rings. The van der Waals surface area contributed by atoms with Gasteiger partial charge in [0.1, 0.15) is 0 Å². The van der Waals surface area contributed by atoms with E-state index >= 15 is 0 Å². The molecule has 0 saturated carbocycles. The van der Waals surface area contributed by atoms with Crippen LogP contribution in [-0.2, 0) is 4.79 Å². The second-order valence-electron chi connectivity index (χ2n) is 7.56. The van der Waals surface area contributed by atoms with Crippen molar-refractivity contribution in [2.24, 2.45) is 5.92 Å². The second kappa shape index (κ2) is 7.71. The lowest BCUT2D eigenvalue weighted by Crippen LogP contribution is -2.39. The van der Waals surface area contributed by atoms with Crippen molar-refractivity contribution < 1.29 is 4.79 Å². The number of aromatic nitrogens is 1. The molecule has 0 aliphatic carbocycles. The van der Waals surface area contributed by atoms with Crippen molar-refractivity contribution >= 4 is 34.7 Å². The van der Waals surface area contributed by atoms with Gasteiger partial charge in [-0.3, -0.25) is 4.79 Å². The van der Waals surface area contributed by atoms with Gasteiger partial charge < -0.3 is 10.6 Å². The lowest BCUT2D eigenvalue weighted by atomic mass is 9.89. The Balaban J connectivity index is 1.34. The number of amides is 1. The van der Waals surface area contributed by atoms with Gasteiger partial charge in [-0.25, -0.2) is 4.98 Å². The molecule has 0 spiro atoms. The first-order valence-electron chi connectivity index (χ1n) is 9.31. The summed E-state index contributed by atoms with van der Waals surface area (Å²) in [5, 5.41) is 8.83. The van der Waals surface area contributed by atoms with E-state index in [-0.39, 0.29) is 5.91 Å². The number of nitrogens with one attached hydrogen (secondary N) is 2. The zero-order valence-electron chi connectivity index (χ0n) is 15.2. The Hall–Kier alpha value is -1.37. The molecule has 4 nitrogen and oxygen atoms in total. The van der Waals surface area contributed by atoms with Gasteiger partial charge in [-0.1, -0.05) is 11.8 Å². The van der Waals surface area contributed by atoms with E-state index in [0.29, 0.717) is 24.4 Å². The molecule has 2 unspecified atom stereocenters. The maximum atomic E-state index is 12.5. The van der Waals surface area contributed by atoms with Crippen LogP contribution in [0.2, 0.25) is 0 Å². The number of nitrogens with zero attached hydrogens (tertiary/aromatic N) is 1. The monoisotopic (exact) mass is 387 g/mol. The molecule has 4 rings (SSSR count). The van der Waals surface area contributed by atoms with Gasteiger partial charge in [-0.05, 0) is 69.2 Å². The Morgan fingerprint density at radius 3 is 2.73 bits per heavy atom. The number of thiazole rings is 1. The molecule has 2 fully saturated rings. The van der Waals surface area contributed by atoms with Crippen LogP contribution in [0.3, 0.4) is 0 Å². The molecule has 3 heterocycles. The molecular weight excluding hydrogens is 362 g/mol. The first kappa shape index (κ1) is 18.0. The van der Waals surface area contributed by atoms with Crippen LogP contribution in [0.4, 0.5) is 5.69 Å². The van der Waals surface area contributed by atoms with Gasteiger partial charge in [0.25, 0.3) is 0 Å². The van der Waals surface area contributed by atoms with E-state index in [2.05, 4.69) is 40.1 Å². The van der Waals surface area contributed by atoms with Crippen molar-refractivity contribution in [3.05, 3.63) is 34.8 Å². The molecule has 2 N–H and O–H groups in total. The van der Waals surface area contributed by atoms with Gasteiger partial charge in [0, 0.05) is 40.2 Å². The highest BCUT2D eigenvalue weighted by atomic mass is 32.2. The molecule has 1 aromatic heterocycles. The highest BCUT2D eigenvalue weighted by molar-refractivity contribution is 8.01. The minimum absolute atomic E-state index is 0.148. The smallest absolute Gasteiger partial charge is 0.224 e. The minimum Gasteiger partial charge on any atom is -0.326 e. The largest absolute Gasteiger partial charge is 0.326 e. The number of aryl methyl sites for hydroxylation is 2. The molecule has 1 aromatic carbocycles. The molecule has 26 heavy (non-hydrogen) atoms. The lowest BCUT2D eigenvalue weighted by molar-refractivity contribution is -0.117. The van der Waals surface area contributed by atoms with E-state index in [1.165, 1.54) is 12.8 Å². The fourth-order valence-electron chi connectivity index (χ4n) is 4.13. The molecule has 1 amide bonds. The highest BCUT2D eigenvalue weighted by Crippen LogP contribution is 2.34. The number of carbonyl (C=O) groups is 1. The Morgan fingerprint density at radius 2 is 2.08 bits per heavy atom. The number of carbonyl (C=O) groups excluding carboxylic acids is 1. The third kappa shape index (κ3) is 4.30. The van der Waals surface area contributed by atoms with E-state index in [4.69, 9.17) is 0 Å². The maximum absolute atomic E-state index is 12.5. The third-order valence-corrected chi connectivity index (χ3v) is 7.37. The zero-order valence-corrected chi connectivity index (χ0v) is 16.9. The van der Waals surface area contributed by atoms with Crippen LogP contribution in [0.5, 0.6) is 0 Å². The standard InChI is InChI=1S/C20H25N3OS2/c1-12-7-17(26-20-21-13(2)11-25-20)5-6-18(12)23-19(24)10-14-8-15-3-4-16(9-14)22-15/h5-7,11,14-16,22H,3-4,8-10H2,1-2H3,(H,23,24). The van der Waals surface area contributed by atoms with Gasteiger partial charge in [0.2, 0.25) is 5.91 Å². The molecule has 6 heteroatoms. The van der Waals surface area contributed by atoms with Crippen molar-refractivity contribution in [1.82, 2.24) is 10.3 Å². The first-order chi connectivity index (χ1) is 12.5. The van der Waals surface area contributed by atoms with Gasteiger partial charge in [-0.2, -0.15) is 0 Å². The topological polar surface area (TPSA) is 54.0 Å². The maximum Gasteiger partial charge on any atom is 0.224 e. The van der Waals surface area contributed by atoms with Crippen molar-refractivity contribution in [2.75, 3.05) is 5.32 Å². The normalized spacial score (nSPS) is 24.6. The average Bonchev–Trinajstić information content (AvgIpc) is 3.15. The molecular formula is C20H25N3OS2. The number of fused-ring (bicyclic) bond motifs is 2. The average molecular weight is 388 g/mol. The van der Waals surface area contributed by atoms with Crippen LogP contribution >= 0.6 is 23.1 Å². The van der Waals surface area contributed by atoms with Crippen LogP contribution in [0.25, 0.3) is 0 Å². The molecule has 2 atom stereocenters. The van der Waals surface area contributed by atoms with Gasteiger partial charge in [0.15, 0.2) is 4.34 Å². The van der Waals surface area contributed by atoms with E-state index in [1.54, 1.807) is 23.1 Å². The number of piperidine rings is 1. The van der Waals surface area contributed by atoms with Crippen LogP contribution in [0.15, 0.2) is 32.8 Å². The first-order valence-corrected chi connectivity index (χ1v) is 11.0. The summed E-state index contributed by atoms with van der Waals surface area (Å²) in [6, 6.07) is 7.48. The predicted octanol–water partition coefficient (Wildman–Crippen LogP) is 4.77. The van der Waals surface area contributed by atoms with Crippen LogP contribution in [0, 0.1) is 19.8 Å². The lowest BCUT2D eigenvalue weighted by Gasteiger charge is -2.28.